The number of hydrogen-bond acceptors (Lipinski definition) is 7. The van der Waals surface area contributed by atoms with E-state index in [-0.39, 0.29) is 29.2 Å². The van der Waals surface area contributed by atoms with Crippen LogP contribution >= 0.6 is 11.6 Å². The Morgan fingerprint density at radius 2 is 1.97 bits per heavy atom. The highest BCUT2D eigenvalue weighted by molar-refractivity contribution is 6.33. The van der Waals surface area contributed by atoms with E-state index in [1.54, 1.807) is 0 Å². The molecule has 1 aromatic heterocycles. The number of likely N-dealkylation sites (N-methyl/N-ethyl adjacent to an activating group) is 1. The molecule has 1 aliphatic heterocycles. The first-order valence-corrected chi connectivity index (χ1v) is 12.4. The lowest BCUT2D eigenvalue weighted by atomic mass is 9.85. The molecule has 1 amide bonds. The fourth-order valence-corrected chi connectivity index (χ4v) is 4.28. The highest BCUT2D eigenvalue weighted by Crippen LogP contribution is 2.31. The van der Waals surface area contributed by atoms with Gasteiger partial charge in [-0.1, -0.05) is 18.0 Å². The molecule has 4 rings (SSSR count). The minimum Gasteiger partial charge on any atom is -0.369 e. The summed E-state index contributed by atoms with van der Waals surface area (Å²) in [6.45, 7) is 4.71. The summed E-state index contributed by atoms with van der Waals surface area (Å²) in [5.74, 6) is 0.442. The Morgan fingerprint density at radius 3 is 2.63 bits per heavy atom. The Kier molecular flexibility index (Phi) is 8.56. The predicted molar refractivity (Wildman–Crippen MR) is 135 cm³/mol. The van der Waals surface area contributed by atoms with Gasteiger partial charge in [0.15, 0.2) is 0 Å². The minimum atomic E-state index is -2.71. The molecular formula is C24H32ClF2N7O. The van der Waals surface area contributed by atoms with Gasteiger partial charge < -0.3 is 25.8 Å². The van der Waals surface area contributed by atoms with Gasteiger partial charge in [-0.3, -0.25) is 4.79 Å². The highest BCUT2D eigenvalue weighted by Gasteiger charge is 2.24. The zero-order chi connectivity index (χ0) is 24.8. The SMILES string of the molecule is CN1CCN(c2ccc(Nc3ncc(C(F)F)c(NCCCNC(=O)C4CCC4)n3)c(Cl)c2)CC1. The molecule has 11 heteroatoms. The number of piperazine rings is 1. The molecule has 0 bridgehead atoms. The Morgan fingerprint density at radius 1 is 1.20 bits per heavy atom. The molecule has 3 N–H and O–H groups in total. The van der Waals surface area contributed by atoms with Crippen molar-refractivity contribution < 1.29 is 13.6 Å². The van der Waals surface area contributed by atoms with Crippen LogP contribution in [0.1, 0.15) is 37.7 Å². The molecule has 0 radical (unpaired) electrons. The molecule has 1 saturated carbocycles. The zero-order valence-electron chi connectivity index (χ0n) is 19.9. The van der Waals surface area contributed by atoms with E-state index in [1.807, 2.05) is 18.2 Å². The van der Waals surface area contributed by atoms with E-state index in [4.69, 9.17) is 11.6 Å². The Hall–Kier alpha value is -2.72. The zero-order valence-corrected chi connectivity index (χ0v) is 20.6. The summed E-state index contributed by atoms with van der Waals surface area (Å²) >= 11 is 6.50. The molecule has 1 aliphatic carbocycles. The summed E-state index contributed by atoms with van der Waals surface area (Å²) in [5.41, 5.74) is 1.36. The topological polar surface area (TPSA) is 85.4 Å². The fourth-order valence-electron chi connectivity index (χ4n) is 4.06. The number of amides is 1. The van der Waals surface area contributed by atoms with E-state index in [0.717, 1.165) is 57.3 Å². The maximum atomic E-state index is 13.5. The van der Waals surface area contributed by atoms with Crippen molar-refractivity contribution in [3.63, 3.8) is 0 Å². The summed E-state index contributed by atoms with van der Waals surface area (Å²) in [7, 11) is 2.10. The first-order chi connectivity index (χ1) is 16.9. The lowest BCUT2D eigenvalue weighted by molar-refractivity contribution is -0.127. The van der Waals surface area contributed by atoms with Gasteiger partial charge in [0.2, 0.25) is 11.9 Å². The molecule has 2 aliphatic rings. The van der Waals surface area contributed by atoms with Gasteiger partial charge in [-0.15, -0.1) is 0 Å². The molecular weight excluding hydrogens is 476 g/mol. The summed E-state index contributed by atoms with van der Waals surface area (Å²) in [6.07, 6.45) is 1.99. The lowest BCUT2D eigenvalue weighted by Crippen LogP contribution is -2.44. The van der Waals surface area contributed by atoms with Gasteiger partial charge in [0.25, 0.3) is 6.43 Å². The number of hydrogen-bond donors (Lipinski definition) is 3. The average Bonchev–Trinajstić information content (AvgIpc) is 2.79. The highest BCUT2D eigenvalue weighted by atomic mass is 35.5. The lowest BCUT2D eigenvalue weighted by Gasteiger charge is -2.34. The summed E-state index contributed by atoms with van der Waals surface area (Å²) in [6, 6.07) is 5.71. The smallest absolute Gasteiger partial charge is 0.268 e. The Balaban J connectivity index is 1.35. The predicted octanol–water partition coefficient (Wildman–Crippen LogP) is 4.28. The maximum absolute atomic E-state index is 13.5. The van der Waals surface area contributed by atoms with E-state index < -0.39 is 6.43 Å². The van der Waals surface area contributed by atoms with Gasteiger partial charge in [-0.2, -0.15) is 4.98 Å². The van der Waals surface area contributed by atoms with Crippen LogP contribution in [0.3, 0.4) is 0 Å². The standard InChI is InChI=1S/C24H32ClF2N7O/c1-33-10-12-34(13-11-33)17-6-7-20(19(25)14-17)31-24-30-15-18(21(26)27)22(32-24)28-8-3-9-29-23(35)16-4-2-5-16/h6-7,14-16,21H,2-5,8-13H2,1H3,(H,29,35)(H2,28,30,31,32). The third-order valence-electron chi connectivity index (χ3n) is 6.54. The monoisotopic (exact) mass is 507 g/mol. The number of aromatic nitrogens is 2. The van der Waals surface area contributed by atoms with Crippen LogP contribution in [0, 0.1) is 5.92 Å². The molecule has 0 spiro atoms. The van der Waals surface area contributed by atoms with Crippen molar-refractivity contribution >= 4 is 40.6 Å². The molecule has 2 fully saturated rings. The summed E-state index contributed by atoms with van der Waals surface area (Å²) in [5, 5.41) is 9.39. The van der Waals surface area contributed by atoms with E-state index in [1.165, 1.54) is 0 Å². The van der Waals surface area contributed by atoms with Crippen LogP contribution in [0.25, 0.3) is 0 Å². The van der Waals surface area contributed by atoms with Crippen molar-refractivity contribution in [1.82, 2.24) is 20.2 Å². The summed E-state index contributed by atoms with van der Waals surface area (Å²) < 4.78 is 27.0. The number of carbonyl (C=O) groups is 1. The van der Waals surface area contributed by atoms with Crippen molar-refractivity contribution in [2.75, 3.05) is 61.8 Å². The first-order valence-electron chi connectivity index (χ1n) is 12.1. The molecule has 0 atom stereocenters. The first kappa shape index (κ1) is 25.4. The largest absolute Gasteiger partial charge is 0.369 e. The second-order valence-corrected chi connectivity index (χ2v) is 9.48. The molecule has 0 unspecified atom stereocenters. The van der Waals surface area contributed by atoms with Crippen LogP contribution in [0.2, 0.25) is 5.02 Å². The fraction of sp³-hybridized carbons (Fsp3) is 0.542. The molecule has 35 heavy (non-hydrogen) atoms. The Labute approximate surface area is 209 Å². The van der Waals surface area contributed by atoms with Crippen LogP contribution in [-0.2, 0) is 4.79 Å². The third-order valence-corrected chi connectivity index (χ3v) is 6.85. The van der Waals surface area contributed by atoms with E-state index >= 15 is 0 Å². The maximum Gasteiger partial charge on any atom is 0.268 e. The number of alkyl halides is 2. The number of nitrogens with one attached hydrogen (secondary N) is 3. The van der Waals surface area contributed by atoms with E-state index in [2.05, 4.69) is 42.8 Å². The van der Waals surface area contributed by atoms with Gasteiger partial charge in [0.05, 0.1) is 16.3 Å². The van der Waals surface area contributed by atoms with Crippen LogP contribution in [0.5, 0.6) is 0 Å². The van der Waals surface area contributed by atoms with Gasteiger partial charge >= 0.3 is 0 Å². The minimum absolute atomic E-state index is 0.0630. The van der Waals surface area contributed by atoms with Gasteiger partial charge in [0.1, 0.15) is 5.82 Å². The second-order valence-electron chi connectivity index (χ2n) is 9.08. The van der Waals surface area contributed by atoms with Crippen molar-refractivity contribution in [2.24, 2.45) is 5.92 Å². The van der Waals surface area contributed by atoms with Crippen LogP contribution < -0.4 is 20.9 Å². The number of nitrogens with zero attached hydrogens (tertiary/aromatic N) is 4. The van der Waals surface area contributed by atoms with Gasteiger partial charge in [-0.25, -0.2) is 13.8 Å². The van der Waals surface area contributed by atoms with Crippen molar-refractivity contribution in [2.45, 2.75) is 32.1 Å². The Bertz CT molecular complexity index is 1010. The van der Waals surface area contributed by atoms with Gasteiger partial charge in [0, 0.05) is 57.1 Å². The van der Waals surface area contributed by atoms with Crippen LogP contribution in [0.4, 0.5) is 31.9 Å². The van der Waals surface area contributed by atoms with Crippen molar-refractivity contribution in [3.8, 4) is 0 Å². The quantitative estimate of drug-likeness (QED) is 0.414. The number of carbonyl (C=O) groups excluding carboxylic acids is 1. The normalized spacial score (nSPS) is 16.8. The van der Waals surface area contributed by atoms with Crippen LogP contribution in [-0.4, -0.2) is 67.1 Å². The third kappa shape index (κ3) is 6.70. The van der Waals surface area contributed by atoms with Crippen LogP contribution in [0.15, 0.2) is 24.4 Å². The number of halogens is 3. The van der Waals surface area contributed by atoms with E-state index in [0.29, 0.717) is 30.2 Å². The molecule has 2 heterocycles. The molecule has 8 nitrogen and oxygen atoms in total. The summed E-state index contributed by atoms with van der Waals surface area (Å²) in [4.78, 5) is 24.8. The molecule has 190 valence electrons. The molecule has 1 saturated heterocycles. The average molecular weight is 508 g/mol. The molecule has 1 aromatic carbocycles. The van der Waals surface area contributed by atoms with Crippen molar-refractivity contribution in [1.29, 1.82) is 0 Å². The van der Waals surface area contributed by atoms with Gasteiger partial charge in [-0.05, 0) is 44.5 Å². The number of anilines is 4. The van der Waals surface area contributed by atoms with E-state index in [9.17, 15) is 13.6 Å². The van der Waals surface area contributed by atoms with Crippen molar-refractivity contribution in [3.05, 3.63) is 35.0 Å². The second kappa shape index (κ2) is 11.8. The number of benzene rings is 1. The number of rotatable bonds is 10. The molecule has 2 aromatic rings.